The minimum atomic E-state index is -3.21. The van der Waals surface area contributed by atoms with Crippen LogP contribution in [0.5, 0.6) is 11.6 Å². The number of benzene rings is 1. The highest BCUT2D eigenvalue weighted by atomic mass is 32.2. The second kappa shape index (κ2) is 4.85. The first-order valence-corrected chi connectivity index (χ1v) is 7.33. The summed E-state index contributed by atoms with van der Waals surface area (Å²) in [5, 5.41) is 0. The van der Waals surface area contributed by atoms with Crippen LogP contribution in [-0.4, -0.2) is 24.6 Å². The van der Waals surface area contributed by atoms with E-state index in [9.17, 15) is 8.42 Å². The van der Waals surface area contributed by atoms with Crippen LogP contribution in [0.3, 0.4) is 0 Å². The van der Waals surface area contributed by atoms with E-state index in [0.29, 0.717) is 23.3 Å². The highest BCUT2D eigenvalue weighted by Gasteiger charge is 2.07. The molecule has 2 N–H and O–H groups in total. The van der Waals surface area contributed by atoms with Gasteiger partial charge in [0, 0.05) is 12.3 Å². The average molecular weight is 279 g/mol. The lowest BCUT2D eigenvalue weighted by Crippen LogP contribution is -1.99. The van der Waals surface area contributed by atoms with Crippen molar-refractivity contribution >= 4 is 15.7 Å². The van der Waals surface area contributed by atoms with Gasteiger partial charge >= 0.3 is 0 Å². The summed E-state index contributed by atoms with van der Waals surface area (Å²) in [6.45, 7) is 1.70. The molecule has 0 saturated carbocycles. The van der Waals surface area contributed by atoms with E-state index in [4.69, 9.17) is 10.5 Å². The van der Waals surface area contributed by atoms with Gasteiger partial charge in [0.1, 0.15) is 17.4 Å². The molecule has 0 bridgehead atoms. The Balaban J connectivity index is 2.24. The fraction of sp³-hybridized carbons (Fsp3) is 0.167. The summed E-state index contributed by atoms with van der Waals surface area (Å²) < 4.78 is 28.1. The molecule has 0 radical (unpaired) electrons. The lowest BCUT2D eigenvalue weighted by molar-refractivity contribution is 0.460. The number of nitrogens with zero attached hydrogens (tertiary/aromatic N) is 2. The summed E-state index contributed by atoms with van der Waals surface area (Å²) in [5.74, 6) is 1.61. The van der Waals surface area contributed by atoms with Gasteiger partial charge in [-0.05, 0) is 31.2 Å². The Labute approximate surface area is 111 Å². The first kappa shape index (κ1) is 13.3. The summed E-state index contributed by atoms with van der Waals surface area (Å²) >= 11 is 0. The Bertz CT molecular complexity index is 676. The molecule has 0 spiro atoms. The standard InChI is InChI=1S/C12H13N3O3S/c1-8-14-11(13)7-12(15-8)18-9-3-5-10(6-4-9)19(2,16)17/h3-7H,1-2H3,(H2,13,14,15). The second-order valence-electron chi connectivity index (χ2n) is 4.02. The van der Waals surface area contributed by atoms with E-state index in [1.165, 1.54) is 18.2 Å². The summed E-state index contributed by atoms with van der Waals surface area (Å²) in [6.07, 6.45) is 1.15. The lowest BCUT2D eigenvalue weighted by Gasteiger charge is -2.06. The van der Waals surface area contributed by atoms with Gasteiger partial charge in [-0.25, -0.2) is 13.4 Å². The van der Waals surface area contributed by atoms with Gasteiger partial charge in [-0.1, -0.05) is 0 Å². The number of ether oxygens (including phenoxy) is 1. The van der Waals surface area contributed by atoms with Gasteiger partial charge in [0.25, 0.3) is 0 Å². The Morgan fingerprint density at radius 3 is 2.32 bits per heavy atom. The SMILES string of the molecule is Cc1nc(N)cc(Oc2ccc(S(C)(=O)=O)cc2)n1. The van der Waals surface area contributed by atoms with Crippen molar-refractivity contribution in [1.29, 1.82) is 0 Å². The normalized spacial score (nSPS) is 11.3. The molecule has 0 fully saturated rings. The highest BCUT2D eigenvalue weighted by Crippen LogP contribution is 2.22. The molecule has 0 atom stereocenters. The van der Waals surface area contributed by atoms with Crippen molar-refractivity contribution in [2.24, 2.45) is 0 Å². The van der Waals surface area contributed by atoms with Crippen LogP contribution < -0.4 is 10.5 Å². The van der Waals surface area contributed by atoms with Crippen molar-refractivity contribution in [3.05, 3.63) is 36.2 Å². The summed E-state index contributed by atoms with van der Waals surface area (Å²) in [4.78, 5) is 8.23. The Morgan fingerprint density at radius 2 is 1.79 bits per heavy atom. The predicted octanol–water partition coefficient (Wildman–Crippen LogP) is 1.56. The van der Waals surface area contributed by atoms with Gasteiger partial charge in [-0.3, -0.25) is 0 Å². The molecule has 1 heterocycles. The molecule has 0 amide bonds. The van der Waals surface area contributed by atoms with E-state index in [0.717, 1.165) is 6.26 Å². The Hall–Kier alpha value is -2.15. The maximum absolute atomic E-state index is 11.3. The lowest BCUT2D eigenvalue weighted by atomic mass is 10.3. The maximum Gasteiger partial charge on any atom is 0.224 e. The van der Waals surface area contributed by atoms with Crippen molar-refractivity contribution < 1.29 is 13.2 Å². The van der Waals surface area contributed by atoms with Crippen LogP contribution in [0.1, 0.15) is 5.82 Å². The number of aryl methyl sites for hydroxylation is 1. The topological polar surface area (TPSA) is 95.2 Å². The van der Waals surface area contributed by atoms with E-state index in [1.807, 2.05) is 0 Å². The number of rotatable bonds is 3. The molecule has 100 valence electrons. The molecular weight excluding hydrogens is 266 g/mol. The van der Waals surface area contributed by atoms with E-state index in [1.54, 1.807) is 19.1 Å². The number of nitrogen functional groups attached to an aromatic ring is 1. The summed E-state index contributed by atoms with van der Waals surface area (Å²) in [5.41, 5.74) is 5.58. The van der Waals surface area contributed by atoms with Crippen LogP contribution in [-0.2, 0) is 9.84 Å². The zero-order valence-electron chi connectivity index (χ0n) is 10.5. The van der Waals surface area contributed by atoms with Crippen molar-refractivity contribution in [2.75, 3.05) is 12.0 Å². The first-order valence-electron chi connectivity index (χ1n) is 5.44. The van der Waals surface area contributed by atoms with Crippen LogP contribution >= 0.6 is 0 Å². The molecule has 0 saturated heterocycles. The number of hydrogen-bond donors (Lipinski definition) is 1. The summed E-state index contributed by atoms with van der Waals surface area (Å²) in [7, 11) is -3.21. The largest absolute Gasteiger partial charge is 0.439 e. The molecular formula is C12H13N3O3S. The van der Waals surface area contributed by atoms with Crippen molar-refractivity contribution in [2.45, 2.75) is 11.8 Å². The molecule has 1 aromatic heterocycles. The number of hydrogen-bond acceptors (Lipinski definition) is 6. The van der Waals surface area contributed by atoms with Crippen LogP contribution in [0.25, 0.3) is 0 Å². The number of nitrogens with two attached hydrogens (primary N) is 1. The fourth-order valence-corrected chi connectivity index (χ4v) is 2.12. The van der Waals surface area contributed by atoms with Gasteiger partial charge in [0.15, 0.2) is 9.84 Å². The smallest absolute Gasteiger partial charge is 0.224 e. The average Bonchev–Trinajstić information content (AvgIpc) is 2.26. The third kappa shape index (κ3) is 3.41. The molecule has 0 unspecified atom stereocenters. The zero-order chi connectivity index (χ0) is 14.0. The van der Waals surface area contributed by atoms with Crippen molar-refractivity contribution in [1.82, 2.24) is 9.97 Å². The Kier molecular flexibility index (Phi) is 3.39. The number of anilines is 1. The van der Waals surface area contributed by atoms with Crippen LogP contribution in [0.4, 0.5) is 5.82 Å². The van der Waals surface area contributed by atoms with E-state index >= 15 is 0 Å². The van der Waals surface area contributed by atoms with Crippen LogP contribution in [0, 0.1) is 6.92 Å². The number of aromatic nitrogens is 2. The molecule has 0 aliphatic carbocycles. The highest BCUT2D eigenvalue weighted by molar-refractivity contribution is 7.90. The van der Waals surface area contributed by atoms with Crippen molar-refractivity contribution in [3.63, 3.8) is 0 Å². The van der Waals surface area contributed by atoms with Crippen molar-refractivity contribution in [3.8, 4) is 11.6 Å². The first-order chi connectivity index (χ1) is 8.84. The quantitative estimate of drug-likeness (QED) is 0.916. The molecule has 1 aromatic carbocycles. The second-order valence-corrected chi connectivity index (χ2v) is 6.04. The number of sulfone groups is 1. The van der Waals surface area contributed by atoms with Crippen LogP contribution in [0.15, 0.2) is 35.2 Å². The van der Waals surface area contributed by atoms with Gasteiger partial charge in [-0.2, -0.15) is 4.98 Å². The fourth-order valence-electron chi connectivity index (χ4n) is 1.49. The molecule has 0 aliphatic heterocycles. The van der Waals surface area contributed by atoms with Gasteiger partial charge in [0.05, 0.1) is 4.90 Å². The summed E-state index contributed by atoms with van der Waals surface area (Å²) in [6, 6.07) is 7.57. The minimum Gasteiger partial charge on any atom is -0.439 e. The van der Waals surface area contributed by atoms with Gasteiger partial charge in [0.2, 0.25) is 5.88 Å². The van der Waals surface area contributed by atoms with Crippen LogP contribution in [0.2, 0.25) is 0 Å². The third-order valence-corrected chi connectivity index (χ3v) is 3.44. The molecule has 7 heteroatoms. The predicted molar refractivity (Wildman–Crippen MR) is 70.8 cm³/mol. The molecule has 2 aromatic rings. The van der Waals surface area contributed by atoms with Gasteiger partial charge < -0.3 is 10.5 Å². The van der Waals surface area contributed by atoms with E-state index in [-0.39, 0.29) is 4.90 Å². The Morgan fingerprint density at radius 1 is 1.16 bits per heavy atom. The van der Waals surface area contributed by atoms with Gasteiger partial charge in [-0.15, -0.1) is 0 Å². The molecule has 6 nitrogen and oxygen atoms in total. The molecule has 19 heavy (non-hydrogen) atoms. The molecule has 2 rings (SSSR count). The van der Waals surface area contributed by atoms with E-state index in [2.05, 4.69) is 9.97 Å². The zero-order valence-corrected chi connectivity index (χ0v) is 11.3. The molecule has 0 aliphatic rings. The third-order valence-electron chi connectivity index (χ3n) is 2.31. The minimum absolute atomic E-state index is 0.234. The monoisotopic (exact) mass is 279 g/mol. The van der Waals surface area contributed by atoms with E-state index < -0.39 is 9.84 Å². The maximum atomic E-state index is 11.3.